The van der Waals surface area contributed by atoms with Gasteiger partial charge in [0.05, 0.1) is 4.92 Å². The van der Waals surface area contributed by atoms with Crippen LogP contribution in [0, 0.1) is 17.0 Å². The molecule has 0 radical (unpaired) electrons. The first-order valence-corrected chi connectivity index (χ1v) is 6.18. The SMILES string of the molecule is Cc1cccc(C(=O)N(CC(=O)O)C2CC2)c1[N+](=O)[O-]. The Hall–Kier alpha value is -2.44. The Labute approximate surface area is 115 Å². The summed E-state index contributed by atoms with van der Waals surface area (Å²) >= 11 is 0. The number of aryl methyl sites for hydroxylation is 1. The van der Waals surface area contributed by atoms with E-state index in [0.29, 0.717) is 5.56 Å². The fourth-order valence-corrected chi connectivity index (χ4v) is 2.13. The average molecular weight is 278 g/mol. The molecule has 0 atom stereocenters. The van der Waals surface area contributed by atoms with E-state index in [9.17, 15) is 19.7 Å². The molecule has 106 valence electrons. The Bertz CT molecular complexity index is 580. The standard InChI is InChI=1S/C13H14N2O5/c1-8-3-2-4-10(12(8)15(19)20)13(18)14(7-11(16)17)9-5-6-9/h2-4,9H,5-7H2,1H3,(H,16,17). The summed E-state index contributed by atoms with van der Waals surface area (Å²) < 4.78 is 0. The van der Waals surface area contributed by atoms with Crippen LogP contribution in [0.1, 0.15) is 28.8 Å². The summed E-state index contributed by atoms with van der Waals surface area (Å²) in [5.41, 5.74) is 0.0728. The third kappa shape index (κ3) is 2.76. The lowest BCUT2D eigenvalue weighted by Crippen LogP contribution is -2.37. The molecule has 7 heteroatoms. The maximum absolute atomic E-state index is 12.4. The Morgan fingerprint density at radius 1 is 1.45 bits per heavy atom. The second-order valence-corrected chi connectivity index (χ2v) is 4.79. The Morgan fingerprint density at radius 3 is 2.60 bits per heavy atom. The zero-order valence-corrected chi connectivity index (χ0v) is 10.9. The van der Waals surface area contributed by atoms with E-state index in [2.05, 4.69) is 0 Å². The highest BCUT2D eigenvalue weighted by molar-refractivity contribution is 6.00. The van der Waals surface area contributed by atoms with Crippen LogP contribution in [0.25, 0.3) is 0 Å². The van der Waals surface area contributed by atoms with Crippen LogP contribution in [0.15, 0.2) is 18.2 Å². The normalized spacial score (nSPS) is 13.8. The summed E-state index contributed by atoms with van der Waals surface area (Å²) in [6, 6.07) is 4.35. The van der Waals surface area contributed by atoms with E-state index in [0.717, 1.165) is 12.8 Å². The van der Waals surface area contributed by atoms with Crippen molar-refractivity contribution in [1.29, 1.82) is 0 Å². The van der Waals surface area contributed by atoms with Crippen LogP contribution >= 0.6 is 0 Å². The first-order valence-electron chi connectivity index (χ1n) is 6.18. The van der Waals surface area contributed by atoms with Crippen molar-refractivity contribution in [3.8, 4) is 0 Å². The van der Waals surface area contributed by atoms with E-state index >= 15 is 0 Å². The molecule has 1 aromatic rings. The Morgan fingerprint density at radius 2 is 2.10 bits per heavy atom. The first-order chi connectivity index (χ1) is 9.41. The fourth-order valence-electron chi connectivity index (χ4n) is 2.13. The van der Waals surface area contributed by atoms with Gasteiger partial charge in [-0.05, 0) is 25.8 Å². The number of hydrogen-bond acceptors (Lipinski definition) is 4. The number of carboxylic acids is 1. The molecule has 1 fully saturated rings. The molecular formula is C13H14N2O5. The number of hydrogen-bond donors (Lipinski definition) is 1. The molecule has 1 amide bonds. The van der Waals surface area contributed by atoms with Gasteiger partial charge in [-0.25, -0.2) is 0 Å². The van der Waals surface area contributed by atoms with E-state index in [-0.39, 0.29) is 17.3 Å². The first kappa shape index (κ1) is 14.0. The maximum atomic E-state index is 12.4. The van der Waals surface area contributed by atoms with Gasteiger partial charge in [0.1, 0.15) is 12.1 Å². The van der Waals surface area contributed by atoms with Crippen LogP contribution in [0.3, 0.4) is 0 Å². The van der Waals surface area contributed by atoms with Gasteiger partial charge >= 0.3 is 5.97 Å². The van der Waals surface area contributed by atoms with Gasteiger partial charge in [-0.3, -0.25) is 19.7 Å². The van der Waals surface area contributed by atoms with Gasteiger partial charge in [-0.1, -0.05) is 12.1 Å². The van der Waals surface area contributed by atoms with Crippen molar-refractivity contribution in [2.45, 2.75) is 25.8 Å². The van der Waals surface area contributed by atoms with Crippen molar-refractivity contribution in [2.24, 2.45) is 0 Å². The highest BCUT2D eigenvalue weighted by atomic mass is 16.6. The van der Waals surface area contributed by atoms with Crippen molar-refractivity contribution >= 4 is 17.6 Å². The molecule has 0 bridgehead atoms. The number of nitrogens with zero attached hydrogens (tertiary/aromatic N) is 2. The monoisotopic (exact) mass is 278 g/mol. The van der Waals surface area contributed by atoms with Crippen molar-refractivity contribution in [3.05, 3.63) is 39.4 Å². The van der Waals surface area contributed by atoms with Gasteiger partial charge in [-0.15, -0.1) is 0 Å². The molecule has 0 aromatic heterocycles. The van der Waals surface area contributed by atoms with Crippen LogP contribution in [-0.2, 0) is 4.79 Å². The summed E-state index contributed by atoms with van der Waals surface area (Å²) in [5.74, 6) is -1.72. The molecule has 1 N–H and O–H groups in total. The third-order valence-electron chi connectivity index (χ3n) is 3.20. The summed E-state index contributed by atoms with van der Waals surface area (Å²) in [5, 5.41) is 20.0. The Balaban J connectivity index is 2.39. The molecule has 1 aromatic carbocycles. The molecule has 0 aliphatic heterocycles. The minimum Gasteiger partial charge on any atom is -0.480 e. The van der Waals surface area contributed by atoms with Gasteiger partial charge in [0.25, 0.3) is 11.6 Å². The lowest BCUT2D eigenvalue weighted by Gasteiger charge is -2.20. The quantitative estimate of drug-likeness (QED) is 0.651. The van der Waals surface area contributed by atoms with Crippen LogP contribution in [0.2, 0.25) is 0 Å². The zero-order valence-electron chi connectivity index (χ0n) is 10.9. The van der Waals surface area contributed by atoms with E-state index < -0.39 is 23.3 Å². The van der Waals surface area contributed by atoms with Crippen LogP contribution in [0.5, 0.6) is 0 Å². The highest BCUT2D eigenvalue weighted by Gasteiger charge is 2.36. The van der Waals surface area contributed by atoms with Crippen molar-refractivity contribution < 1.29 is 19.6 Å². The smallest absolute Gasteiger partial charge is 0.323 e. The largest absolute Gasteiger partial charge is 0.480 e. The van der Waals surface area contributed by atoms with E-state index in [1.807, 2.05) is 0 Å². The van der Waals surface area contributed by atoms with Gasteiger partial charge in [0.2, 0.25) is 0 Å². The molecule has 7 nitrogen and oxygen atoms in total. The molecule has 0 heterocycles. The number of carboxylic acid groups (broad SMARTS) is 1. The fraction of sp³-hybridized carbons (Fsp3) is 0.385. The minimum absolute atomic E-state index is 0.0526. The number of rotatable bonds is 5. The number of nitro benzene ring substituents is 1. The number of amides is 1. The van der Waals surface area contributed by atoms with Crippen LogP contribution < -0.4 is 0 Å². The molecule has 1 aliphatic carbocycles. The average Bonchev–Trinajstić information content (AvgIpc) is 3.18. The van der Waals surface area contributed by atoms with Crippen molar-refractivity contribution in [1.82, 2.24) is 4.90 Å². The lowest BCUT2D eigenvalue weighted by atomic mass is 10.1. The van der Waals surface area contributed by atoms with E-state index in [4.69, 9.17) is 5.11 Å². The number of carbonyl (C=O) groups excluding carboxylic acids is 1. The molecule has 20 heavy (non-hydrogen) atoms. The van der Waals surface area contributed by atoms with E-state index in [1.165, 1.54) is 11.0 Å². The van der Waals surface area contributed by atoms with Crippen molar-refractivity contribution in [2.75, 3.05) is 6.54 Å². The summed E-state index contributed by atoms with van der Waals surface area (Å²) in [4.78, 5) is 34.9. The molecule has 1 aliphatic rings. The number of benzene rings is 1. The van der Waals surface area contributed by atoms with Crippen LogP contribution in [-0.4, -0.2) is 39.4 Å². The van der Waals surface area contributed by atoms with Crippen LogP contribution in [0.4, 0.5) is 5.69 Å². The summed E-state index contributed by atoms with van der Waals surface area (Å²) in [7, 11) is 0. The maximum Gasteiger partial charge on any atom is 0.323 e. The predicted octanol–water partition coefficient (Wildman–Crippen LogP) is 1.59. The molecule has 0 spiro atoms. The lowest BCUT2D eigenvalue weighted by molar-refractivity contribution is -0.385. The van der Waals surface area contributed by atoms with Gasteiger partial charge in [0.15, 0.2) is 0 Å². The Kier molecular flexibility index (Phi) is 3.69. The molecule has 0 saturated heterocycles. The molecule has 1 saturated carbocycles. The van der Waals surface area contributed by atoms with E-state index in [1.54, 1.807) is 19.1 Å². The predicted molar refractivity (Wildman–Crippen MR) is 69.5 cm³/mol. The van der Waals surface area contributed by atoms with Gasteiger partial charge < -0.3 is 10.0 Å². The summed E-state index contributed by atoms with van der Waals surface area (Å²) in [6.07, 6.45) is 1.47. The summed E-state index contributed by atoms with van der Waals surface area (Å²) in [6.45, 7) is 1.11. The molecule has 0 unspecified atom stereocenters. The van der Waals surface area contributed by atoms with Crippen molar-refractivity contribution in [3.63, 3.8) is 0 Å². The topological polar surface area (TPSA) is 101 Å². The second-order valence-electron chi connectivity index (χ2n) is 4.79. The number of para-hydroxylation sites is 1. The number of carbonyl (C=O) groups is 2. The zero-order chi connectivity index (χ0) is 14.9. The number of nitro groups is 1. The second kappa shape index (κ2) is 5.28. The minimum atomic E-state index is -1.12. The number of aliphatic carboxylic acids is 1. The third-order valence-corrected chi connectivity index (χ3v) is 3.20. The molecular weight excluding hydrogens is 264 g/mol. The molecule has 2 rings (SSSR count). The highest BCUT2D eigenvalue weighted by Crippen LogP contribution is 2.31. The van der Waals surface area contributed by atoms with Gasteiger partial charge in [0, 0.05) is 11.6 Å². The van der Waals surface area contributed by atoms with Gasteiger partial charge in [-0.2, -0.15) is 0 Å².